The van der Waals surface area contributed by atoms with Crippen LogP contribution in [0.5, 0.6) is 0 Å². The Morgan fingerprint density at radius 1 is 1.48 bits per heavy atom. The maximum absolute atomic E-state index is 12.1. The SMILES string of the molecule is CC(=O)OCC1OC(n2ncc(=S)[nH]c2=O)C2OC(C)(C)OC12. The largest absolute Gasteiger partial charge is 0.463 e. The monoisotopic (exact) mass is 343 g/mol. The Hall–Kier alpha value is -1.62. The molecular formula is C13H17N3O6S. The molecule has 0 amide bonds. The Morgan fingerprint density at radius 3 is 2.83 bits per heavy atom. The number of esters is 1. The number of H-pyrrole nitrogens is 1. The van der Waals surface area contributed by atoms with E-state index in [2.05, 4.69) is 10.1 Å². The van der Waals surface area contributed by atoms with Gasteiger partial charge in [0.2, 0.25) is 0 Å². The Morgan fingerprint density at radius 2 is 2.17 bits per heavy atom. The molecule has 0 bridgehead atoms. The smallest absolute Gasteiger partial charge is 0.345 e. The molecule has 0 saturated carbocycles. The fraction of sp³-hybridized carbons (Fsp3) is 0.692. The summed E-state index contributed by atoms with van der Waals surface area (Å²) >= 11 is 4.87. The van der Waals surface area contributed by atoms with Gasteiger partial charge in [0, 0.05) is 6.92 Å². The predicted octanol–water partition coefficient (Wildman–Crippen LogP) is 0.281. The molecule has 2 saturated heterocycles. The summed E-state index contributed by atoms with van der Waals surface area (Å²) in [5.74, 6) is -1.26. The molecule has 4 atom stereocenters. The molecule has 10 heteroatoms. The third-order valence-electron chi connectivity index (χ3n) is 3.55. The van der Waals surface area contributed by atoms with E-state index in [4.69, 9.17) is 31.2 Å². The average Bonchev–Trinajstić information content (AvgIpc) is 2.90. The summed E-state index contributed by atoms with van der Waals surface area (Å²) in [5, 5.41) is 4.00. The van der Waals surface area contributed by atoms with E-state index in [1.165, 1.54) is 13.1 Å². The van der Waals surface area contributed by atoms with Crippen LogP contribution in [0.15, 0.2) is 11.0 Å². The second-order valence-corrected chi connectivity index (χ2v) is 6.26. The highest BCUT2D eigenvalue weighted by molar-refractivity contribution is 7.71. The lowest BCUT2D eigenvalue weighted by molar-refractivity contribution is -0.204. The van der Waals surface area contributed by atoms with Gasteiger partial charge in [-0.25, -0.2) is 4.79 Å². The lowest BCUT2D eigenvalue weighted by Crippen LogP contribution is -2.36. The zero-order valence-corrected chi connectivity index (χ0v) is 13.7. The van der Waals surface area contributed by atoms with Gasteiger partial charge in [0.05, 0.1) is 6.20 Å². The molecule has 2 fully saturated rings. The molecule has 1 aromatic heterocycles. The van der Waals surface area contributed by atoms with Crippen molar-refractivity contribution in [3.05, 3.63) is 21.3 Å². The van der Waals surface area contributed by atoms with Crippen LogP contribution in [-0.2, 0) is 23.7 Å². The highest BCUT2D eigenvalue weighted by Gasteiger charge is 2.56. The molecule has 0 radical (unpaired) electrons. The molecule has 1 aromatic rings. The van der Waals surface area contributed by atoms with E-state index >= 15 is 0 Å². The van der Waals surface area contributed by atoms with E-state index in [9.17, 15) is 9.59 Å². The zero-order valence-electron chi connectivity index (χ0n) is 12.8. The third kappa shape index (κ3) is 3.20. The van der Waals surface area contributed by atoms with Gasteiger partial charge in [0.25, 0.3) is 0 Å². The van der Waals surface area contributed by atoms with Gasteiger partial charge >= 0.3 is 11.7 Å². The Labute approximate surface area is 136 Å². The van der Waals surface area contributed by atoms with Crippen molar-refractivity contribution in [2.75, 3.05) is 6.61 Å². The van der Waals surface area contributed by atoms with Crippen LogP contribution in [0.25, 0.3) is 0 Å². The molecule has 9 nitrogen and oxygen atoms in total. The van der Waals surface area contributed by atoms with E-state index in [0.717, 1.165) is 4.68 Å². The first-order valence-corrected chi connectivity index (χ1v) is 7.50. The topological polar surface area (TPSA) is 105 Å². The number of rotatable bonds is 3. The van der Waals surface area contributed by atoms with Crippen molar-refractivity contribution in [1.29, 1.82) is 0 Å². The number of hydrogen-bond acceptors (Lipinski definition) is 8. The molecule has 0 aliphatic carbocycles. The third-order valence-corrected chi connectivity index (χ3v) is 3.76. The van der Waals surface area contributed by atoms with Crippen molar-refractivity contribution < 1.29 is 23.7 Å². The van der Waals surface area contributed by atoms with Gasteiger partial charge in [-0.05, 0) is 13.8 Å². The number of nitrogens with one attached hydrogen (secondary N) is 1. The second kappa shape index (κ2) is 5.78. The number of aromatic amines is 1. The number of carbonyl (C=O) groups excluding carboxylic acids is 1. The standard InChI is InChI=1S/C13H17N3O6S/c1-6(17)19-5-7-9-10(22-13(2,3)21-9)11(20-7)16-12(18)15-8(23)4-14-16/h4,7,9-11H,5H2,1-3H3,(H,15,18,23). The van der Waals surface area contributed by atoms with E-state index < -0.39 is 42.0 Å². The van der Waals surface area contributed by atoms with E-state index in [-0.39, 0.29) is 11.2 Å². The van der Waals surface area contributed by atoms with Gasteiger partial charge in [0.1, 0.15) is 29.6 Å². The first-order chi connectivity index (χ1) is 10.8. The number of nitrogens with zero attached hydrogens (tertiary/aromatic N) is 2. The second-order valence-electron chi connectivity index (χ2n) is 5.82. The van der Waals surface area contributed by atoms with Crippen LogP contribution in [0.4, 0.5) is 0 Å². The molecule has 3 rings (SSSR count). The number of aromatic nitrogens is 3. The van der Waals surface area contributed by atoms with Gasteiger partial charge in [-0.15, -0.1) is 0 Å². The molecule has 0 spiro atoms. The average molecular weight is 343 g/mol. The Balaban J connectivity index is 1.90. The minimum Gasteiger partial charge on any atom is -0.463 e. The summed E-state index contributed by atoms with van der Waals surface area (Å²) in [6, 6.07) is 0. The molecular weight excluding hydrogens is 326 g/mol. The first-order valence-electron chi connectivity index (χ1n) is 7.09. The van der Waals surface area contributed by atoms with Crippen molar-refractivity contribution in [3.8, 4) is 0 Å². The normalized spacial score (nSPS) is 31.8. The van der Waals surface area contributed by atoms with Crippen LogP contribution in [0.2, 0.25) is 0 Å². The summed E-state index contributed by atoms with van der Waals surface area (Å²) < 4.78 is 23.8. The van der Waals surface area contributed by atoms with Crippen molar-refractivity contribution >= 4 is 18.2 Å². The molecule has 3 heterocycles. The van der Waals surface area contributed by atoms with Crippen molar-refractivity contribution in [2.24, 2.45) is 0 Å². The highest BCUT2D eigenvalue weighted by atomic mass is 32.1. The molecule has 2 aliphatic heterocycles. The van der Waals surface area contributed by atoms with E-state index in [1.54, 1.807) is 13.8 Å². The number of hydrogen-bond donors (Lipinski definition) is 1. The molecule has 0 aromatic carbocycles. The van der Waals surface area contributed by atoms with Crippen LogP contribution >= 0.6 is 12.2 Å². The van der Waals surface area contributed by atoms with Crippen LogP contribution in [0.3, 0.4) is 0 Å². The summed E-state index contributed by atoms with van der Waals surface area (Å²) in [5.41, 5.74) is -0.511. The van der Waals surface area contributed by atoms with Gasteiger partial charge in [-0.3, -0.25) is 9.78 Å². The van der Waals surface area contributed by atoms with Gasteiger partial charge in [0.15, 0.2) is 12.0 Å². The highest BCUT2D eigenvalue weighted by Crippen LogP contribution is 2.42. The van der Waals surface area contributed by atoms with Crippen LogP contribution in [0.1, 0.15) is 27.0 Å². The summed E-state index contributed by atoms with van der Waals surface area (Å²) in [7, 11) is 0. The van der Waals surface area contributed by atoms with Gasteiger partial charge in [-0.2, -0.15) is 9.78 Å². The molecule has 126 valence electrons. The quantitative estimate of drug-likeness (QED) is 0.616. The fourth-order valence-electron chi connectivity index (χ4n) is 2.73. The lowest BCUT2D eigenvalue weighted by Gasteiger charge is -2.24. The maximum Gasteiger partial charge on any atom is 0.345 e. The Kier molecular flexibility index (Phi) is 4.08. The first kappa shape index (κ1) is 16.2. The van der Waals surface area contributed by atoms with Crippen LogP contribution in [-0.4, -0.2) is 51.4 Å². The van der Waals surface area contributed by atoms with Gasteiger partial charge in [-0.1, -0.05) is 12.2 Å². The molecule has 23 heavy (non-hydrogen) atoms. The molecule has 2 aliphatic rings. The van der Waals surface area contributed by atoms with Crippen molar-refractivity contribution in [3.63, 3.8) is 0 Å². The zero-order chi connectivity index (χ0) is 16.8. The van der Waals surface area contributed by atoms with Crippen LogP contribution in [0, 0.1) is 4.64 Å². The minimum atomic E-state index is -0.836. The van der Waals surface area contributed by atoms with Crippen LogP contribution < -0.4 is 5.69 Å². The summed E-state index contributed by atoms with van der Waals surface area (Å²) in [6.45, 7) is 4.84. The Bertz CT molecular complexity index is 729. The summed E-state index contributed by atoms with van der Waals surface area (Å²) in [6.07, 6.45) is -1.06. The minimum absolute atomic E-state index is 0.00399. The number of fused-ring (bicyclic) bond motifs is 1. The van der Waals surface area contributed by atoms with Gasteiger partial charge < -0.3 is 18.9 Å². The predicted molar refractivity (Wildman–Crippen MR) is 78.0 cm³/mol. The lowest BCUT2D eigenvalue weighted by atomic mass is 10.1. The number of carbonyl (C=O) groups is 1. The molecule has 4 unspecified atom stereocenters. The summed E-state index contributed by atoms with van der Waals surface area (Å²) in [4.78, 5) is 25.6. The number of ether oxygens (including phenoxy) is 4. The van der Waals surface area contributed by atoms with E-state index in [1.807, 2.05) is 0 Å². The molecule has 1 N–H and O–H groups in total. The van der Waals surface area contributed by atoms with Crippen molar-refractivity contribution in [1.82, 2.24) is 14.8 Å². The van der Waals surface area contributed by atoms with E-state index in [0.29, 0.717) is 0 Å². The maximum atomic E-state index is 12.1. The van der Waals surface area contributed by atoms with Crippen molar-refractivity contribution in [2.45, 2.75) is 51.1 Å². The fourth-order valence-corrected chi connectivity index (χ4v) is 2.87.